The Kier molecular flexibility index (Phi) is 6.90. The fourth-order valence-corrected chi connectivity index (χ4v) is 3.46. The van der Waals surface area contributed by atoms with Gasteiger partial charge in [-0.3, -0.25) is 0 Å². The zero-order valence-corrected chi connectivity index (χ0v) is 12.9. The Labute approximate surface area is 121 Å². The van der Waals surface area contributed by atoms with Crippen LogP contribution in [0, 0.1) is 0 Å². The van der Waals surface area contributed by atoms with Crippen molar-refractivity contribution in [3.8, 4) is 0 Å². The van der Waals surface area contributed by atoms with Gasteiger partial charge in [-0.05, 0) is 73.9 Å². The van der Waals surface area contributed by atoms with E-state index in [2.05, 4.69) is 29.1 Å². The lowest BCUT2D eigenvalue weighted by Gasteiger charge is -2.19. The Morgan fingerprint density at radius 2 is 2.47 bits per heavy atom. The monoisotopic (exact) mass is 281 g/mol. The van der Waals surface area contributed by atoms with Crippen LogP contribution < -0.4 is 5.32 Å². The van der Waals surface area contributed by atoms with E-state index in [1.807, 2.05) is 0 Å². The average molecular weight is 281 g/mol. The van der Waals surface area contributed by atoms with Crippen LogP contribution in [-0.2, 0) is 11.2 Å². The van der Waals surface area contributed by atoms with Crippen LogP contribution in [0.4, 0.5) is 0 Å². The molecule has 2 rings (SSSR count). The van der Waals surface area contributed by atoms with Crippen LogP contribution in [0.5, 0.6) is 0 Å². The highest BCUT2D eigenvalue weighted by atomic mass is 32.1. The summed E-state index contributed by atoms with van der Waals surface area (Å²) in [4.78, 5) is 0. The van der Waals surface area contributed by atoms with Gasteiger partial charge in [-0.15, -0.1) is 0 Å². The van der Waals surface area contributed by atoms with Crippen molar-refractivity contribution in [1.29, 1.82) is 0 Å². The standard InChI is InChI=1S/C16H27NOS/c1-2-9-17-15(12-14-8-11-19-13-14)5-3-6-16-7-4-10-18-16/h8,11,13,15-17H,2-7,9-10,12H2,1H3. The molecule has 1 aromatic heterocycles. The highest BCUT2D eigenvalue weighted by Crippen LogP contribution is 2.19. The van der Waals surface area contributed by atoms with Gasteiger partial charge in [0, 0.05) is 12.6 Å². The summed E-state index contributed by atoms with van der Waals surface area (Å²) in [5.41, 5.74) is 1.48. The van der Waals surface area contributed by atoms with E-state index >= 15 is 0 Å². The van der Waals surface area contributed by atoms with E-state index in [4.69, 9.17) is 4.74 Å². The summed E-state index contributed by atoms with van der Waals surface area (Å²) in [6.07, 6.45) is 9.28. The summed E-state index contributed by atoms with van der Waals surface area (Å²) in [5.74, 6) is 0. The zero-order chi connectivity index (χ0) is 13.3. The van der Waals surface area contributed by atoms with Crippen LogP contribution >= 0.6 is 11.3 Å². The minimum atomic E-state index is 0.549. The molecular weight excluding hydrogens is 254 g/mol. The molecule has 1 N–H and O–H groups in total. The Bertz CT molecular complexity index is 319. The molecule has 2 heterocycles. The van der Waals surface area contributed by atoms with Gasteiger partial charge in [0.25, 0.3) is 0 Å². The van der Waals surface area contributed by atoms with Gasteiger partial charge >= 0.3 is 0 Å². The van der Waals surface area contributed by atoms with E-state index in [-0.39, 0.29) is 0 Å². The largest absolute Gasteiger partial charge is 0.378 e. The molecule has 0 aliphatic carbocycles. The van der Waals surface area contributed by atoms with E-state index in [9.17, 15) is 0 Å². The lowest BCUT2D eigenvalue weighted by molar-refractivity contribution is 0.101. The van der Waals surface area contributed by atoms with Gasteiger partial charge in [-0.1, -0.05) is 6.92 Å². The highest BCUT2D eigenvalue weighted by molar-refractivity contribution is 7.07. The summed E-state index contributed by atoms with van der Waals surface area (Å²) in [6.45, 7) is 4.35. The molecule has 1 aliphatic rings. The van der Waals surface area contributed by atoms with Gasteiger partial charge in [0.2, 0.25) is 0 Å². The number of hydrogen-bond acceptors (Lipinski definition) is 3. The number of nitrogens with one attached hydrogen (secondary N) is 1. The van der Waals surface area contributed by atoms with Crippen molar-refractivity contribution < 1.29 is 4.74 Å². The minimum absolute atomic E-state index is 0.549. The highest BCUT2D eigenvalue weighted by Gasteiger charge is 2.16. The van der Waals surface area contributed by atoms with Crippen molar-refractivity contribution in [2.75, 3.05) is 13.2 Å². The van der Waals surface area contributed by atoms with Gasteiger partial charge in [0.1, 0.15) is 0 Å². The molecule has 0 aromatic carbocycles. The molecule has 19 heavy (non-hydrogen) atoms. The van der Waals surface area contributed by atoms with Crippen molar-refractivity contribution in [2.45, 2.75) is 64.0 Å². The molecule has 3 heteroatoms. The number of hydrogen-bond donors (Lipinski definition) is 1. The molecule has 2 nitrogen and oxygen atoms in total. The van der Waals surface area contributed by atoms with Crippen molar-refractivity contribution in [1.82, 2.24) is 5.32 Å². The van der Waals surface area contributed by atoms with Crippen molar-refractivity contribution in [3.05, 3.63) is 22.4 Å². The van der Waals surface area contributed by atoms with Crippen LogP contribution in [0.3, 0.4) is 0 Å². The molecule has 0 spiro atoms. The lowest BCUT2D eigenvalue weighted by Crippen LogP contribution is -2.31. The zero-order valence-electron chi connectivity index (χ0n) is 12.1. The summed E-state index contributed by atoms with van der Waals surface area (Å²) >= 11 is 1.80. The maximum absolute atomic E-state index is 5.70. The third-order valence-corrected chi connectivity index (χ3v) is 4.58. The quantitative estimate of drug-likeness (QED) is 0.738. The molecule has 1 aromatic rings. The number of rotatable bonds is 9. The molecule has 2 atom stereocenters. The molecule has 0 amide bonds. The fourth-order valence-electron chi connectivity index (χ4n) is 2.78. The fraction of sp³-hybridized carbons (Fsp3) is 0.750. The molecule has 0 radical (unpaired) electrons. The second-order valence-corrected chi connectivity index (χ2v) is 6.33. The molecule has 1 saturated heterocycles. The first-order chi connectivity index (χ1) is 9.38. The summed E-state index contributed by atoms with van der Waals surface area (Å²) in [7, 11) is 0. The molecule has 2 unspecified atom stereocenters. The van der Waals surface area contributed by atoms with Crippen molar-refractivity contribution in [3.63, 3.8) is 0 Å². The third kappa shape index (κ3) is 5.64. The average Bonchev–Trinajstić information content (AvgIpc) is 3.08. The lowest BCUT2D eigenvalue weighted by atomic mass is 10.0. The Hall–Kier alpha value is -0.380. The molecule has 0 saturated carbocycles. The third-order valence-electron chi connectivity index (χ3n) is 3.85. The van der Waals surface area contributed by atoms with E-state index in [0.29, 0.717) is 12.1 Å². The first-order valence-corrected chi connectivity index (χ1v) is 8.69. The number of thiophene rings is 1. The van der Waals surface area contributed by atoms with Crippen LogP contribution in [0.1, 0.15) is 51.0 Å². The summed E-state index contributed by atoms with van der Waals surface area (Å²) < 4.78 is 5.70. The van der Waals surface area contributed by atoms with Gasteiger partial charge < -0.3 is 10.1 Å². The van der Waals surface area contributed by atoms with E-state index < -0.39 is 0 Å². The van der Waals surface area contributed by atoms with Gasteiger partial charge in [0.05, 0.1) is 6.10 Å². The maximum Gasteiger partial charge on any atom is 0.0576 e. The summed E-state index contributed by atoms with van der Waals surface area (Å²) in [5, 5.41) is 8.15. The topological polar surface area (TPSA) is 21.3 Å². The van der Waals surface area contributed by atoms with Crippen LogP contribution in [-0.4, -0.2) is 25.3 Å². The normalized spacial score (nSPS) is 20.8. The minimum Gasteiger partial charge on any atom is -0.378 e. The van der Waals surface area contributed by atoms with Gasteiger partial charge in [0.15, 0.2) is 0 Å². The smallest absolute Gasteiger partial charge is 0.0576 e. The van der Waals surface area contributed by atoms with E-state index in [1.54, 1.807) is 11.3 Å². The van der Waals surface area contributed by atoms with Crippen LogP contribution in [0.25, 0.3) is 0 Å². The molecule has 1 aliphatic heterocycles. The van der Waals surface area contributed by atoms with Crippen molar-refractivity contribution in [2.24, 2.45) is 0 Å². The van der Waals surface area contributed by atoms with E-state index in [1.165, 1.54) is 50.5 Å². The number of ether oxygens (including phenoxy) is 1. The van der Waals surface area contributed by atoms with Crippen molar-refractivity contribution >= 4 is 11.3 Å². The first kappa shape index (κ1) is 15.0. The second-order valence-electron chi connectivity index (χ2n) is 5.55. The molecule has 0 bridgehead atoms. The predicted molar refractivity (Wildman–Crippen MR) is 82.9 cm³/mol. The first-order valence-electron chi connectivity index (χ1n) is 7.74. The SMILES string of the molecule is CCCNC(CCCC1CCCO1)Cc1ccsc1. The van der Waals surface area contributed by atoms with Gasteiger partial charge in [-0.25, -0.2) is 0 Å². The molecule has 1 fully saturated rings. The summed E-state index contributed by atoms with van der Waals surface area (Å²) in [6, 6.07) is 2.89. The maximum atomic E-state index is 5.70. The Balaban J connectivity index is 1.69. The Morgan fingerprint density at radius 1 is 1.53 bits per heavy atom. The van der Waals surface area contributed by atoms with Crippen LogP contribution in [0.2, 0.25) is 0 Å². The van der Waals surface area contributed by atoms with E-state index in [0.717, 1.165) is 13.2 Å². The van der Waals surface area contributed by atoms with Crippen LogP contribution in [0.15, 0.2) is 16.8 Å². The van der Waals surface area contributed by atoms with Gasteiger partial charge in [-0.2, -0.15) is 11.3 Å². The molecule has 108 valence electrons. The Morgan fingerprint density at radius 3 is 3.16 bits per heavy atom. The second kappa shape index (κ2) is 8.72. The molecular formula is C16H27NOS. The predicted octanol–water partition coefficient (Wildman–Crippen LogP) is 4.01.